The lowest BCUT2D eigenvalue weighted by molar-refractivity contribution is 0.170. The summed E-state index contributed by atoms with van der Waals surface area (Å²) in [6, 6.07) is 4.43. The van der Waals surface area contributed by atoms with Crippen molar-refractivity contribution in [1.82, 2.24) is 5.32 Å². The Balaban J connectivity index is 2.84. The first kappa shape index (κ1) is 17.3. The largest absolute Gasteiger partial charge is 0.493 e. The normalized spacial score (nSPS) is 12.6. The SMILES string of the molecule is COc1cc(CNC(C)C)cc(Br)c1OCC(C)CO. The molecule has 114 valence electrons. The van der Waals surface area contributed by atoms with Crippen molar-refractivity contribution < 1.29 is 14.6 Å². The van der Waals surface area contributed by atoms with Crippen LogP contribution in [0.3, 0.4) is 0 Å². The molecule has 1 rings (SSSR count). The van der Waals surface area contributed by atoms with Gasteiger partial charge in [-0.3, -0.25) is 0 Å². The molecule has 0 aromatic heterocycles. The van der Waals surface area contributed by atoms with Gasteiger partial charge < -0.3 is 19.9 Å². The first-order chi connectivity index (χ1) is 9.47. The number of methoxy groups -OCH3 is 1. The number of hydrogen-bond acceptors (Lipinski definition) is 4. The molecular formula is C15H24BrNO3. The van der Waals surface area contributed by atoms with Crippen molar-refractivity contribution in [3.63, 3.8) is 0 Å². The fourth-order valence-corrected chi connectivity index (χ4v) is 2.22. The Morgan fingerprint density at radius 1 is 1.30 bits per heavy atom. The zero-order valence-electron chi connectivity index (χ0n) is 12.6. The van der Waals surface area contributed by atoms with Crippen LogP contribution in [0.1, 0.15) is 26.3 Å². The van der Waals surface area contributed by atoms with E-state index < -0.39 is 0 Å². The predicted molar refractivity (Wildman–Crippen MR) is 84.4 cm³/mol. The third-order valence-corrected chi connectivity index (χ3v) is 3.42. The first-order valence-electron chi connectivity index (χ1n) is 6.81. The number of aliphatic hydroxyl groups is 1. The molecule has 20 heavy (non-hydrogen) atoms. The van der Waals surface area contributed by atoms with Crippen LogP contribution < -0.4 is 14.8 Å². The van der Waals surface area contributed by atoms with Gasteiger partial charge >= 0.3 is 0 Å². The summed E-state index contributed by atoms with van der Waals surface area (Å²) >= 11 is 3.52. The Hall–Kier alpha value is -0.780. The van der Waals surface area contributed by atoms with Crippen LogP contribution in [-0.2, 0) is 6.54 Å². The molecule has 2 N–H and O–H groups in total. The van der Waals surface area contributed by atoms with Gasteiger partial charge in [0.1, 0.15) is 0 Å². The highest BCUT2D eigenvalue weighted by Crippen LogP contribution is 2.36. The van der Waals surface area contributed by atoms with E-state index in [-0.39, 0.29) is 12.5 Å². The molecule has 0 saturated carbocycles. The van der Waals surface area contributed by atoms with E-state index >= 15 is 0 Å². The van der Waals surface area contributed by atoms with Gasteiger partial charge in [0, 0.05) is 25.1 Å². The third-order valence-electron chi connectivity index (χ3n) is 2.83. The average Bonchev–Trinajstić information content (AvgIpc) is 2.42. The second kappa shape index (κ2) is 8.49. The molecule has 0 amide bonds. The molecule has 0 spiro atoms. The van der Waals surface area contributed by atoms with Gasteiger partial charge in [0.25, 0.3) is 0 Å². The van der Waals surface area contributed by atoms with E-state index in [9.17, 15) is 0 Å². The van der Waals surface area contributed by atoms with Crippen LogP contribution in [-0.4, -0.2) is 31.5 Å². The molecule has 1 aromatic rings. The third kappa shape index (κ3) is 5.31. The molecule has 5 heteroatoms. The van der Waals surface area contributed by atoms with Gasteiger partial charge in [-0.1, -0.05) is 20.8 Å². The van der Waals surface area contributed by atoms with E-state index in [0.29, 0.717) is 24.1 Å². The molecule has 1 aromatic carbocycles. The molecule has 0 bridgehead atoms. The Labute approximate surface area is 129 Å². The van der Waals surface area contributed by atoms with Gasteiger partial charge in [-0.2, -0.15) is 0 Å². The molecule has 0 aliphatic carbocycles. The maximum absolute atomic E-state index is 9.04. The molecular weight excluding hydrogens is 322 g/mol. The van der Waals surface area contributed by atoms with Gasteiger partial charge in [-0.25, -0.2) is 0 Å². The maximum atomic E-state index is 9.04. The molecule has 1 atom stereocenters. The maximum Gasteiger partial charge on any atom is 0.175 e. The van der Waals surface area contributed by atoms with Gasteiger partial charge in [0.2, 0.25) is 0 Å². The van der Waals surface area contributed by atoms with Crippen LogP contribution in [0.5, 0.6) is 11.5 Å². The van der Waals surface area contributed by atoms with Crippen LogP contribution in [0.25, 0.3) is 0 Å². The molecule has 0 fully saturated rings. The average molecular weight is 346 g/mol. The van der Waals surface area contributed by atoms with Crippen LogP contribution in [0.4, 0.5) is 0 Å². The summed E-state index contributed by atoms with van der Waals surface area (Å²) in [5.74, 6) is 1.47. The number of ether oxygens (including phenoxy) is 2. The zero-order chi connectivity index (χ0) is 15.1. The quantitative estimate of drug-likeness (QED) is 0.760. The number of hydrogen-bond donors (Lipinski definition) is 2. The molecule has 4 nitrogen and oxygen atoms in total. The number of halogens is 1. The fraction of sp³-hybridized carbons (Fsp3) is 0.600. The van der Waals surface area contributed by atoms with Crippen molar-refractivity contribution in [2.75, 3.05) is 20.3 Å². The highest BCUT2D eigenvalue weighted by atomic mass is 79.9. The van der Waals surface area contributed by atoms with E-state index in [1.54, 1.807) is 7.11 Å². The lowest BCUT2D eigenvalue weighted by Crippen LogP contribution is -2.21. The summed E-state index contributed by atoms with van der Waals surface area (Å²) in [4.78, 5) is 0. The molecule has 0 aliphatic rings. The standard InChI is InChI=1S/C15H24BrNO3/c1-10(2)17-7-12-5-13(16)15(14(6-12)19-4)20-9-11(3)8-18/h5-6,10-11,17-18H,7-9H2,1-4H3. The second-order valence-corrected chi connectivity index (χ2v) is 6.10. The van der Waals surface area contributed by atoms with E-state index in [1.807, 2.05) is 19.1 Å². The van der Waals surface area contributed by atoms with Crippen molar-refractivity contribution in [1.29, 1.82) is 0 Å². The lowest BCUT2D eigenvalue weighted by atomic mass is 10.2. The number of rotatable bonds is 8. The second-order valence-electron chi connectivity index (χ2n) is 5.24. The molecule has 0 saturated heterocycles. The van der Waals surface area contributed by atoms with Crippen molar-refractivity contribution in [3.8, 4) is 11.5 Å². The molecule has 0 radical (unpaired) electrons. The highest BCUT2D eigenvalue weighted by Gasteiger charge is 2.13. The summed E-state index contributed by atoms with van der Waals surface area (Å²) < 4.78 is 12.0. The topological polar surface area (TPSA) is 50.7 Å². The van der Waals surface area contributed by atoms with Crippen molar-refractivity contribution in [3.05, 3.63) is 22.2 Å². The minimum atomic E-state index is 0.0916. The Morgan fingerprint density at radius 2 is 2.00 bits per heavy atom. The van der Waals surface area contributed by atoms with E-state index in [2.05, 4.69) is 35.1 Å². The summed E-state index contributed by atoms with van der Waals surface area (Å²) in [7, 11) is 1.63. The summed E-state index contributed by atoms with van der Waals surface area (Å²) in [5, 5.41) is 12.4. The first-order valence-corrected chi connectivity index (χ1v) is 7.60. The van der Waals surface area contributed by atoms with Gasteiger partial charge in [0.15, 0.2) is 11.5 Å². The van der Waals surface area contributed by atoms with Crippen LogP contribution >= 0.6 is 15.9 Å². The van der Waals surface area contributed by atoms with Crippen LogP contribution in [0, 0.1) is 5.92 Å². The Morgan fingerprint density at radius 3 is 2.55 bits per heavy atom. The summed E-state index contributed by atoms with van der Waals surface area (Å²) in [6.45, 7) is 7.49. The summed E-state index contributed by atoms with van der Waals surface area (Å²) in [6.07, 6.45) is 0. The minimum Gasteiger partial charge on any atom is -0.493 e. The van der Waals surface area contributed by atoms with Crippen LogP contribution in [0.2, 0.25) is 0 Å². The lowest BCUT2D eigenvalue weighted by Gasteiger charge is -2.17. The number of benzene rings is 1. The smallest absolute Gasteiger partial charge is 0.175 e. The van der Waals surface area contributed by atoms with Gasteiger partial charge in [-0.15, -0.1) is 0 Å². The molecule has 1 unspecified atom stereocenters. The van der Waals surface area contributed by atoms with E-state index in [0.717, 1.165) is 16.6 Å². The monoisotopic (exact) mass is 345 g/mol. The minimum absolute atomic E-state index is 0.0916. The number of nitrogens with one attached hydrogen (secondary N) is 1. The zero-order valence-corrected chi connectivity index (χ0v) is 14.2. The van der Waals surface area contributed by atoms with Crippen molar-refractivity contribution >= 4 is 15.9 Å². The molecule has 0 heterocycles. The van der Waals surface area contributed by atoms with E-state index in [1.165, 1.54) is 0 Å². The molecule has 0 aliphatic heterocycles. The van der Waals surface area contributed by atoms with Gasteiger partial charge in [0.05, 0.1) is 18.2 Å². The van der Waals surface area contributed by atoms with E-state index in [4.69, 9.17) is 14.6 Å². The van der Waals surface area contributed by atoms with Crippen molar-refractivity contribution in [2.24, 2.45) is 5.92 Å². The highest BCUT2D eigenvalue weighted by molar-refractivity contribution is 9.10. The summed E-state index contributed by atoms with van der Waals surface area (Å²) in [5.41, 5.74) is 1.13. The fourth-order valence-electron chi connectivity index (χ4n) is 1.62. The Kier molecular flexibility index (Phi) is 7.34. The Bertz CT molecular complexity index is 424. The van der Waals surface area contributed by atoms with Crippen LogP contribution in [0.15, 0.2) is 16.6 Å². The predicted octanol–water partition coefficient (Wildman–Crippen LogP) is 2.96. The van der Waals surface area contributed by atoms with Crippen molar-refractivity contribution in [2.45, 2.75) is 33.4 Å². The van der Waals surface area contributed by atoms with Gasteiger partial charge in [-0.05, 0) is 33.6 Å². The number of aliphatic hydroxyl groups excluding tert-OH is 1.